The fourth-order valence-electron chi connectivity index (χ4n) is 3.38. The zero-order valence-electron chi connectivity index (χ0n) is 15.4. The molecule has 1 aliphatic heterocycles. The number of hydrogen-bond acceptors (Lipinski definition) is 5. The number of hydrogen-bond donors (Lipinski definition) is 1. The number of methoxy groups -OCH3 is 1. The maximum Gasteiger partial charge on any atom is 0.201 e. The van der Waals surface area contributed by atoms with E-state index in [1.807, 2.05) is 61.5 Å². The third-order valence-electron chi connectivity index (χ3n) is 4.66. The Kier molecular flexibility index (Phi) is 4.94. The van der Waals surface area contributed by atoms with Gasteiger partial charge in [-0.3, -0.25) is 0 Å². The first-order valence-electron chi connectivity index (χ1n) is 9.00. The Morgan fingerprint density at radius 2 is 1.78 bits per heavy atom. The van der Waals surface area contributed by atoms with Crippen molar-refractivity contribution in [3.8, 4) is 11.3 Å². The second-order valence-corrected chi connectivity index (χ2v) is 6.41. The summed E-state index contributed by atoms with van der Waals surface area (Å²) in [6.07, 6.45) is 1.75. The minimum atomic E-state index is -0.149. The van der Waals surface area contributed by atoms with Gasteiger partial charge >= 0.3 is 0 Å². The summed E-state index contributed by atoms with van der Waals surface area (Å²) in [5, 5.41) is 8.61. The van der Waals surface area contributed by atoms with Crippen LogP contribution in [0.25, 0.3) is 23.2 Å². The molecule has 0 aliphatic carbocycles. The van der Waals surface area contributed by atoms with Crippen LogP contribution in [-0.2, 0) is 9.47 Å². The fourth-order valence-corrected chi connectivity index (χ4v) is 3.38. The molecule has 3 aromatic rings. The molecule has 4 rings (SSSR count). The Labute approximate surface area is 157 Å². The number of aromatic nitrogens is 1. The molecule has 0 radical (unpaired) electrons. The van der Waals surface area contributed by atoms with E-state index in [1.54, 1.807) is 7.11 Å². The summed E-state index contributed by atoms with van der Waals surface area (Å²) in [5.74, 6) is 0.666. The van der Waals surface area contributed by atoms with Crippen molar-refractivity contribution >= 4 is 12.0 Å². The van der Waals surface area contributed by atoms with Crippen molar-refractivity contribution in [2.45, 2.75) is 19.1 Å². The van der Waals surface area contributed by atoms with Crippen molar-refractivity contribution in [1.82, 2.24) is 10.5 Å². The maximum atomic E-state index is 6.37. The zero-order chi connectivity index (χ0) is 18.6. The van der Waals surface area contributed by atoms with Gasteiger partial charge in [0.05, 0.1) is 12.6 Å². The largest absolute Gasteiger partial charge is 0.468 e. The molecule has 5 nitrogen and oxygen atoms in total. The van der Waals surface area contributed by atoms with Crippen LogP contribution in [0.4, 0.5) is 0 Å². The lowest BCUT2D eigenvalue weighted by Crippen LogP contribution is -2.34. The Bertz CT molecular complexity index is 1010. The number of nitrogens with zero attached hydrogens (tertiary/aromatic N) is 1. The summed E-state index contributed by atoms with van der Waals surface area (Å²) < 4.78 is 17.3. The zero-order valence-corrected chi connectivity index (χ0v) is 15.4. The van der Waals surface area contributed by atoms with Gasteiger partial charge in [0.15, 0.2) is 5.42 Å². The van der Waals surface area contributed by atoms with E-state index in [-0.39, 0.29) is 12.1 Å². The molecule has 138 valence electrons. The second-order valence-electron chi connectivity index (χ2n) is 6.41. The van der Waals surface area contributed by atoms with E-state index in [9.17, 15) is 0 Å². The first-order valence-corrected chi connectivity index (χ1v) is 9.00. The van der Waals surface area contributed by atoms with Crippen LogP contribution in [0.15, 0.2) is 65.2 Å². The van der Waals surface area contributed by atoms with Crippen LogP contribution in [0.5, 0.6) is 0 Å². The molecule has 1 saturated heterocycles. The first-order chi connectivity index (χ1) is 13.3. The number of rotatable bonds is 4. The molecule has 1 N–H and O–H groups in total. The summed E-state index contributed by atoms with van der Waals surface area (Å²) >= 11 is 0. The third-order valence-corrected chi connectivity index (χ3v) is 4.66. The predicted molar refractivity (Wildman–Crippen MR) is 104 cm³/mol. The summed E-state index contributed by atoms with van der Waals surface area (Å²) in [5.41, 5.74) is 3.52. The quantitative estimate of drug-likeness (QED) is 0.773. The van der Waals surface area contributed by atoms with Gasteiger partial charge < -0.3 is 19.3 Å². The molecule has 5 heteroatoms. The third kappa shape index (κ3) is 3.34. The summed E-state index contributed by atoms with van der Waals surface area (Å²) in [6.45, 7) is 2.45. The minimum Gasteiger partial charge on any atom is -0.468 e. The molecule has 0 unspecified atom stereocenters. The van der Waals surface area contributed by atoms with Gasteiger partial charge in [-0.05, 0) is 18.6 Å². The van der Waals surface area contributed by atoms with Crippen molar-refractivity contribution in [1.29, 1.82) is 0 Å². The molecule has 2 aromatic carbocycles. The molecule has 27 heavy (non-hydrogen) atoms. The highest BCUT2D eigenvalue weighted by Crippen LogP contribution is 2.30. The molecular formula is C22H22N2O3. The van der Waals surface area contributed by atoms with Crippen LogP contribution in [0, 0.1) is 0 Å². The van der Waals surface area contributed by atoms with Crippen LogP contribution in [-0.4, -0.2) is 24.9 Å². The standard InChI is InChI=1S/C22H22N2O3/c1-3-18-19(20(24-27-18)15-10-6-4-7-11-15)22-23-17(14-25-2)21(26-22)16-12-8-5-9-13-16/h3-13,17,21,23H,14H2,1-2H3/b18-3-,22-19-/t17-,21-/m0/s1. The number of benzene rings is 2. The van der Waals surface area contributed by atoms with E-state index >= 15 is 0 Å². The molecule has 1 fully saturated rings. The van der Waals surface area contributed by atoms with Gasteiger partial charge in [0.2, 0.25) is 5.88 Å². The van der Waals surface area contributed by atoms with Crippen LogP contribution in [0.3, 0.4) is 0 Å². The highest BCUT2D eigenvalue weighted by molar-refractivity contribution is 5.62. The van der Waals surface area contributed by atoms with Crippen molar-refractivity contribution in [3.63, 3.8) is 0 Å². The number of ether oxygens (including phenoxy) is 2. The highest BCUT2D eigenvalue weighted by atomic mass is 16.5. The molecule has 2 atom stereocenters. The Hall–Kier alpha value is -3.05. The molecule has 2 heterocycles. The van der Waals surface area contributed by atoms with Crippen molar-refractivity contribution in [2.75, 3.05) is 13.7 Å². The van der Waals surface area contributed by atoms with E-state index in [0.717, 1.165) is 22.0 Å². The molecule has 1 aromatic heterocycles. The van der Waals surface area contributed by atoms with Crippen molar-refractivity contribution < 1.29 is 14.0 Å². The van der Waals surface area contributed by atoms with Gasteiger partial charge in [-0.2, -0.15) is 0 Å². The Morgan fingerprint density at radius 1 is 1.07 bits per heavy atom. The molecule has 0 saturated carbocycles. The monoisotopic (exact) mass is 362 g/mol. The second kappa shape index (κ2) is 7.68. The van der Waals surface area contributed by atoms with Gasteiger partial charge in [0.25, 0.3) is 0 Å². The van der Waals surface area contributed by atoms with E-state index in [1.165, 1.54) is 0 Å². The SMILES string of the molecule is C/C=c1\onc(-c2ccccc2)\c1=C1\N[C@@H](COC)[C@H](c2ccccc2)O1. The lowest BCUT2D eigenvalue weighted by Gasteiger charge is -2.16. The Morgan fingerprint density at radius 3 is 2.44 bits per heavy atom. The van der Waals surface area contributed by atoms with E-state index < -0.39 is 0 Å². The van der Waals surface area contributed by atoms with Crippen LogP contribution >= 0.6 is 0 Å². The smallest absolute Gasteiger partial charge is 0.201 e. The molecule has 0 amide bonds. The lowest BCUT2D eigenvalue weighted by atomic mass is 10.0. The van der Waals surface area contributed by atoms with Gasteiger partial charge in [0, 0.05) is 12.7 Å². The normalized spacial score (nSPS) is 21.8. The first kappa shape index (κ1) is 17.4. The summed E-state index contributed by atoms with van der Waals surface area (Å²) in [4.78, 5) is 0. The van der Waals surface area contributed by atoms with Gasteiger partial charge in [0.1, 0.15) is 17.0 Å². The Balaban J connectivity index is 1.85. The fraction of sp³-hybridized carbons (Fsp3) is 0.227. The average Bonchev–Trinajstić information content (AvgIpc) is 3.33. The molecular weight excluding hydrogens is 340 g/mol. The maximum absolute atomic E-state index is 6.37. The predicted octanol–water partition coefficient (Wildman–Crippen LogP) is 2.58. The summed E-state index contributed by atoms with van der Waals surface area (Å²) in [7, 11) is 1.70. The van der Waals surface area contributed by atoms with Gasteiger partial charge in [-0.1, -0.05) is 65.8 Å². The molecule has 1 aliphatic rings. The van der Waals surface area contributed by atoms with Gasteiger partial charge in [-0.15, -0.1) is 0 Å². The van der Waals surface area contributed by atoms with Gasteiger partial charge in [-0.25, -0.2) is 0 Å². The van der Waals surface area contributed by atoms with Crippen molar-refractivity contribution in [2.24, 2.45) is 0 Å². The van der Waals surface area contributed by atoms with E-state index in [4.69, 9.17) is 14.0 Å². The van der Waals surface area contributed by atoms with Crippen molar-refractivity contribution in [3.05, 3.63) is 76.9 Å². The topological polar surface area (TPSA) is 56.5 Å². The average molecular weight is 362 g/mol. The minimum absolute atomic E-state index is 0.00405. The van der Waals surface area contributed by atoms with E-state index in [2.05, 4.69) is 22.6 Å². The summed E-state index contributed by atoms with van der Waals surface area (Å²) in [6, 6.07) is 20.1. The molecule has 0 spiro atoms. The van der Waals surface area contributed by atoms with E-state index in [0.29, 0.717) is 17.9 Å². The highest BCUT2D eigenvalue weighted by Gasteiger charge is 2.34. The number of nitrogens with one attached hydrogen (secondary N) is 1. The van der Waals surface area contributed by atoms with Crippen LogP contribution < -0.4 is 16.0 Å². The lowest BCUT2D eigenvalue weighted by molar-refractivity contribution is 0.118. The van der Waals surface area contributed by atoms with Crippen LogP contribution in [0.1, 0.15) is 18.6 Å². The molecule has 0 bridgehead atoms. The van der Waals surface area contributed by atoms with Crippen LogP contribution in [0.2, 0.25) is 0 Å².